The van der Waals surface area contributed by atoms with Crippen LogP contribution in [0.3, 0.4) is 0 Å². The molecule has 2 aromatic heterocycles. The van der Waals surface area contributed by atoms with Gasteiger partial charge >= 0.3 is 0 Å². The molecule has 2 heterocycles. The van der Waals surface area contributed by atoms with E-state index in [2.05, 4.69) is 15.5 Å². The molecule has 0 saturated heterocycles. The number of aryl methyl sites for hydroxylation is 2. The van der Waals surface area contributed by atoms with E-state index in [4.69, 9.17) is 0 Å². The number of amides is 1. The van der Waals surface area contributed by atoms with Gasteiger partial charge in [-0.3, -0.25) is 9.78 Å². The van der Waals surface area contributed by atoms with Crippen LogP contribution in [0.15, 0.2) is 83.2 Å². The van der Waals surface area contributed by atoms with Gasteiger partial charge in [-0.05, 0) is 61.7 Å². The zero-order valence-electron chi connectivity index (χ0n) is 18.6. The minimum Gasteiger partial charge on any atom is -0.267 e. The summed E-state index contributed by atoms with van der Waals surface area (Å²) in [5.41, 5.74) is 6.55. The lowest BCUT2D eigenvalue weighted by molar-refractivity contribution is 0.0954. The van der Waals surface area contributed by atoms with Crippen molar-refractivity contribution in [1.82, 2.24) is 14.4 Å². The molecule has 0 radical (unpaired) electrons. The van der Waals surface area contributed by atoms with Crippen molar-refractivity contribution in [3.8, 4) is 0 Å². The van der Waals surface area contributed by atoms with Crippen molar-refractivity contribution in [2.24, 2.45) is 5.10 Å². The molecular formula is C25H24N4O3S. The Morgan fingerprint density at radius 2 is 1.88 bits per heavy atom. The Balaban J connectivity index is 1.77. The molecule has 0 unspecified atom stereocenters. The molecule has 4 rings (SSSR count). The highest BCUT2D eigenvalue weighted by molar-refractivity contribution is 7.90. The number of nitrogens with one attached hydrogen (secondary N) is 1. The Hall–Kier alpha value is -3.78. The van der Waals surface area contributed by atoms with Gasteiger partial charge < -0.3 is 0 Å². The molecule has 0 bridgehead atoms. The second-order valence-electron chi connectivity index (χ2n) is 7.74. The van der Waals surface area contributed by atoms with Crippen LogP contribution in [0, 0.1) is 6.92 Å². The average Bonchev–Trinajstić information content (AvgIpc) is 3.22. The molecule has 1 amide bonds. The third-order valence-electron chi connectivity index (χ3n) is 5.45. The third-order valence-corrected chi connectivity index (χ3v) is 7.14. The van der Waals surface area contributed by atoms with Crippen LogP contribution in [-0.2, 0) is 16.4 Å². The Labute approximate surface area is 192 Å². The number of carbonyl (C=O) groups excluding carboxylic acids is 1. The molecule has 0 atom stereocenters. The van der Waals surface area contributed by atoms with Crippen LogP contribution in [0.2, 0.25) is 0 Å². The second kappa shape index (κ2) is 8.99. The van der Waals surface area contributed by atoms with E-state index in [1.54, 1.807) is 43.6 Å². The maximum absolute atomic E-state index is 13.5. The van der Waals surface area contributed by atoms with Crippen LogP contribution < -0.4 is 5.43 Å². The summed E-state index contributed by atoms with van der Waals surface area (Å²) in [5.74, 6) is -0.398. The van der Waals surface area contributed by atoms with E-state index in [0.29, 0.717) is 22.4 Å². The van der Waals surface area contributed by atoms with E-state index < -0.39 is 15.9 Å². The number of aromatic nitrogens is 2. The zero-order valence-corrected chi connectivity index (χ0v) is 19.4. The summed E-state index contributed by atoms with van der Waals surface area (Å²) in [4.78, 5) is 16.5. The normalized spacial score (nSPS) is 12.2. The van der Waals surface area contributed by atoms with Crippen LogP contribution in [0.1, 0.15) is 40.9 Å². The van der Waals surface area contributed by atoms with Crippen LogP contribution in [0.5, 0.6) is 0 Å². The fraction of sp³-hybridized carbons (Fsp3) is 0.160. The molecule has 8 heteroatoms. The molecule has 0 aliphatic carbocycles. The molecular weight excluding hydrogens is 436 g/mol. The Morgan fingerprint density at radius 1 is 1.12 bits per heavy atom. The fourth-order valence-electron chi connectivity index (χ4n) is 3.56. The lowest BCUT2D eigenvalue weighted by Crippen LogP contribution is -2.19. The Bertz CT molecular complexity index is 1460. The van der Waals surface area contributed by atoms with Gasteiger partial charge in [-0.25, -0.2) is 17.8 Å². The fourth-order valence-corrected chi connectivity index (χ4v) is 4.92. The van der Waals surface area contributed by atoms with E-state index in [-0.39, 0.29) is 4.90 Å². The lowest BCUT2D eigenvalue weighted by Gasteiger charge is -2.08. The first-order valence-corrected chi connectivity index (χ1v) is 12.0. The van der Waals surface area contributed by atoms with Gasteiger partial charge in [0.15, 0.2) is 0 Å². The summed E-state index contributed by atoms with van der Waals surface area (Å²) in [6.07, 6.45) is 5.42. The Morgan fingerprint density at radius 3 is 2.55 bits per heavy atom. The topological polar surface area (TPSA) is 93.4 Å². The summed E-state index contributed by atoms with van der Waals surface area (Å²) in [6.45, 7) is 5.66. The van der Waals surface area contributed by atoms with E-state index in [1.807, 2.05) is 44.2 Å². The number of pyridine rings is 1. The Kier molecular flexibility index (Phi) is 6.11. The number of carbonyl (C=O) groups is 1. The minimum atomic E-state index is -3.83. The van der Waals surface area contributed by atoms with Gasteiger partial charge in [0.1, 0.15) is 0 Å². The van der Waals surface area contributed by atoms with E-state index >= 15 is 0 Å². The number of rotatable bonds is 6. The van der Waals surface area contributed by atoms with Crippen molar-refractivity contribution in [3.05, 3.63) is 95.4 Å². The van der Waals surface area contributed by atoms with Crippen molar-refractivity contribution in [3.63, 3.8) is 0 Å². The van der Waals surface area contributed by atoms with Gasteiger partial charge in [0.05, 0.1) is 21.7 Å². The highest BCUT2D eigenvalue weighted by Crippen LogP contribution is 2.28. The van der Waals surface area contributed by atoms with Crippen LogP contribution in [0.4, 0.5) is 0 Å². The van der Waals surface area contributed by atoms with Gasteiger partial charge in [0, 0.05) is 29.5 Å². The molecule has 33 heavy (non-hydrogen) atoms. The molecule has 4 aromatic rings. The summed E-state index contributed by atoms with van der Waals surface area (Å²) < 4.78 is 28.3. The molecule has 2 aromatic carbocycles. The largest absolute Gasteiger partial charge is 0.272 e. The number of hydrogen-bond acceptors (Lipinski definition) is 5. The minimum absolute atomic E-state index is 0.212. The molecule has 168 valence electrons. The van der Waals surface area contributed by atoms with E-state index in [9.17, 15) is 13.2 Å². The van der Waals surface area contributed by atoms with Crippen LogP contribution in [-0.4, -0.2) is 29.0 Å². The maximum atomic E-state index is 13.5. The first-order chi connectivity index (χ1) is 15.8. The summed E-state index contributed by atoms with van der Waals surface area (Å²) in [7, 11) is -3.83. The summed E-state index contributed by atoms with van der Waals surface area (Å²) >= 11 is 0. The van der Waals surface area contributed by atoms with Crippen molar-refractivity contribution in [2.45, 2.75) is 32.1 Å². The smallest absolute Gasteiger partial charge is 0.267 e. The van der Waals surface area contributed by atoms with Gasteiger partial charge in [-0.2, -0.15) is 5.10 Å². The van der Waals surface area contributed by atoms with Crippen molar-refractivity contribution in [2.75, 3.05) is 0 Å². The van der Waals surface area contributed by atoms with E-state index in [0.717, 1.165) is 22.9 Å². The average molecular weight is 461 g/mol. The maximum Gasteiger partial charge on any atom is 0.272 e. The lowest BCUT2D eigenvalue weighted by atomic mass is 10.1. The summed E-state index contributed by atoms with van der Waals surface area (Å²) in [5, 5.41) is 4.94. The van der Waals surface area contributed by atoms with Crippen molar-refractivity contribution < 1.29 is 13.2 Å². The third kappa shape index (κ3) is 4.42. The predicted molar refractivity (Wildman–Crippen MR) is 129 cm³/mol. The number of nitrogens with zero attached hydrogens (tertiary/aromatic N) is 3. The summed E-state index contributed by atoms with van der Waals surface area (Å²) in [6, 6.07) is 15.8. The zero-order chi connectivity index (χ0) is 23.6. The van der Waals surface area contributed by atoms with Gasteiger partial charge in [0.25, 0.3) is 15.9 Å². The molecule has 0 aliphatic heterocycles. The molecule has 0 spiro atoms. The molecule has 0 saturated carbocycles. The first kappa shape index (κ1) is 22.4. The highest BCUT2D eigenvalue weighted by Gasteiger charge is 2.22. The predicted octanol–water partition coefficient (Wildman–Crippen LogP) is 4.30. The van der Waals surface area contributed by atoms with Crippen molar-refractivity contribution >= 4 is 32.5 Å². The molecule has 0 aliphatic rings. The van der Waals surface area contributed by atoms with Gasteiger partial charge in [-0.15, -0.1) is 0 Å². The monoisotopic (exact) mass is 460 g/mol. The van der Waals surface area contributed by atoms with Crippen LogP contribution in [0.25, 0.3) is 10.9 Å². The molecule has 1 N–H and O–H groups in total. The van der Waals surface area contributed by atoms with Gasteiger partial charge in [-0.1, -0.05) is 31.2 Å². The standard InChI is InChI=1S/C25H24N4O3S/c1-4-19-8-10-21(11-9-19)33(31,32)29-16-23(22-12-7-17(2)14-24(22)29)18(3)27-28-25(30)20-6-5-13-26-15-20/h5-16H,4H2,1-3H3,(H,28,30)/b27-18+. The molecule has 7 nitrogen and oxygen atoms in total. The SMILES string of the molecule is CCc1ccc(S(=O)(=O)n2cc(/C(C)=N/NC(=O)c3cccnc3)c3ccc(C)cc32)cc1. The number of hydrazone groups is 1. The van der Waals surface area contributed by atoms with Crippen molar-refractivity contribution in [1.29, 1.82) is 0 Å². The number of benzene rings is 2. The number of hydrogen-bond donors (Lipinski definition) is 1. The quantitative estimate of drug-likeness (QED) is 0.343. The molecule has 0 fully saturated rings. The van der Waals surface area contributed by atoms with Crippen LogP contribution >= 0.6 is 0 Å². The van der Waals surface area contributed by atoms with E-state index in [1.165, 1.54) is 10.2 Å². The van der Waals surface area contributed by atoms with Gasteiger partial charge in [0.2, 0.25) is 0 Å². The second-order valence-corrected chi connectivity index (χ2v) is 9.56. The highest BCUT2D eigenvalue weighted by atomic mass is 32.2. The first-order valence-electron chi connectivity index (χ1n) is 10.5. The number of fused-ring (bicyclic) bond motifs is 1.